The van der Waals surface area contributed by atoms with Crippen LogP contribution in [0.5, 0.6) is 5.75 Å². The molecule has 3 rings (SSSR count). The van der Waals surface area contributed by atoms with E-state index in [9.17, 15) is 9.90 Å². The minimum Gasteiger partial charge on any atom is -0.546 e. The molecule has 20 heavy (non-hydrogen) atoms. The molecule has 1 aromatic heterocycles. The zero-order valence-corrected chi connectivity index (χ0v) is 12.0. The zero-order valence-electron chi connectivity index (χ0n) is 11.2. The van der Waals surface area contributed by atoms with Gasteiger partial charge in [-0.15, -0.1) is 11.3 Å². The lowest BCUT2D eigenvalue weighted by Crippen LogP contribution is -2.47. The Balaban J connectivity index is 2.10. The molecule has 3 aromatic rings. The van der Waals surface area contributed by atoms with Crippen LogP contribution in [-0.4, -0.2) is 11.6 Å². The van der Waals surface area contributed by atoms with E-state index in [0.717, 1.165) is 15.5 Å². The van der Waals surface area contributed by atoms with Gasteiger partial charge in [0.25, 0.3) is 0 Å². The van der Waals surface area contributed by atoms with Crippen LogP contribution in [0.15, 0.2) is 42.5 Å². The molecule has 102 valence electrons. The predicted octanol–water partition coefficient (Wildman–Crippen LogP) is 2.96. The number of ether oxygens (including phenoxy) is 1. The van der Waals surface area contributed by atoms with E-state index >= 15 is 0 Å². The Hall–Kier alpha value is -2.07. The Labute approximate surface area is 120 Å². The molecule has 0 bridgehead atoms. The number of carbonyl (C=O) groups is 1. The van der Waals surface area contributed by atoms with Gasteiger partial charge in [0.15, 0.2) is 0 Å². The van der Waals surface area contributed by atoms with Crippen molar-refractivity contribution in [1.29, 1.82) is 0 Å². The van der Waals surface area contributed by atoms with Crippen LogP contribution in [0.3, 0.4) is 0 Å². The quantitative estimate of drug-likeness (QED) is 0.743. The van der Waals surface area contributed by atoms with Gasteiger partial charge in [-0.1, -0.05) is 18.2 Å². The number of benzene rings is 2. The number of aliphatic carboxylic acids is 1. The van der Waals surface area contributed by atoms with Crippen molar-refractivity contribution in [3.8, 4) is 5.75 Å². The molecule has 1 heterocycles. The molecule has 0 radical (unpaired) electrons. The van der Waals surface area contributed by atoms with Crippen LogP contribution in [0.4, 0.5) is 0 Å². The van der Waals surface area contributed by atoms with Crippen LogP contribution in [0.2, 0.25) is 0 Å². The van der Waals surface area contributed by atoms with Crippen LogP contribution >= 0.6 is 11.3 Å². The molecule has 4 heteroatoms. The van der Waals surface area contributed by atoms with Crippen molar-refractivity contribution in [3.05, 3.63) is 42.5 Å². The van der Waals surface area contributed by atoms with Crippen LogP contribution in [-0.2, 0) is 4.79 Å². The van der Waals surface area contributed by atoms with Crippen molar-refractivity contribution in [2.45, 2.75) is 19.4 Å². The number of rotatable bonds is 3. The number of hydrogen-bond donors (Lipinski definition) is 0. The van der Waals surface area contributed by atoms with Crippen LogP contribution in [0.1, 0.15) is 13.8 Å². The molecule has 0 saturated carbocycles. The molecule has 0 spiro atoms. The first-order valence-electron chi connectivity index (χ1n) is 6.29. The van der Waals surface area contributed by atoms with E-state index in [1.165, 1.54) is 18.5 Å². The normalized spacial score (nSPS) is 11.9. The molecule has 0 amide bonds. The van der Waals surface area contributed by atoms with Crippen molar-refractivity contribution in [3.63, 3.8) is 0 Å². The monoisotopic (exact) mass is 285 g/mol. The number of carboxylic acid groups (broad SMARTS) is 1. The van der Waals surface area contributed by atoms with Gasteiger partial charge in [0.05, 0.1) is 5.97 Å². The fourth-order valence-electron chi connectivity index (χ4n) is 2.10. The molecule has 3 nitrogen and oxygen atoms in total. The Morgan fingerprint density at radius 3 is 2.55 bits per heavy atom. The molecular weight excluding hydrogens is 272 g/mol. The number of thiophene rings is 1. The predicted molar refractivity (Wildman–Crippen MR) is 79.0 cm³/mol. The van der Waals surface area contributed by atoms with E-state index < -0.39 is 11.6 Å². The van der Waals surface area contributed by atoms with Crippen LogP contribution < -0.4 is 9.84 Å². The topological polar surface area (TPSA) is 49.4 Å². The molecule has 0 aliphatic carbocycles. The number of fused-ring (bicyclic) bond motifs is 3. The summed E-state index contributed by atoms with van der Waals surface area (Å²) < 4.78 is 7.90. The first kappa shape index (κ1) is 12.9. The SMILES string of the molecule is CC(C)(Oc1ccc2sc3ccccc3c2c1)C(=O)[O-]. The van der Waals surface area contributed by atoms with E-state index in [4.69, 9.17) is 4.74 Å². The summed E-state index contributed by atoms with van der Waals surface area (Å²) in [4.78, 5) is 11.0. The third-order valence-electron chi connectivity index (χ3n) is 3.21. The van der Waals surface area contributed by atoms with Gasteiger partial charge in [-0.3, -0.25) is 0 Å². The zero-order chi connectivity index (χ0) is 14.3. The Bertz CT molecular complexity index is 802. The summed E-state index contributed by atoms with van der Waals surface area (Å²) >= 11 is 1.71. The molecule has 0 N–H and O–H groups in total. The van der Waals surface area contributed by atoms with Gasteiger partial charge in [0.1, 0.15) is 11.4 Å². The summed E-state index contributed by atoms with van der Waals surface area (Å²) in [5.41, 5.74) is -1.35. The molecule has 2 aromatic carbocycles. The van der Waals surface area contributed by atoms with E-state index in [1.807, 2.05) is 24.3 Å². The molecule has 0 atom stereocenters. The second-order valence-electron chi connectivity index (χ2n) is 5.16. The average molecular weight is 285 g/mol. The summed E-state index contributed by atoms with van der Waals surface area (Å²) in [5, 5.41) is 13.3. The van der Waals surface area contributed by atoms with Gasteiger partial charge in [0.2, 0.25) is 0 Å². The smallest absolute Gasteiger partial charge is 0.143 e. The van der Waals surface area contributed by atoms with Crippen LogP contribution in [0.25, 0.3) is 20.2 Å². The first-order chi connectivity index (χ1) is 9.47. The summed E-state index contributed by atoms with van der Waals surface area (Å²) in [6.45, 7) is 2.97. The summed E-state index contributed by atoms with van der Waals surface area (Å²) in [5.74, 6) is -0.692. The highest BCUT2D eigenvalue weighted by molar-refractivity contribution is 7.25. The van der Waals surface area contributed by atoms with Gasteiger partial charge in [-0.2, -0.15) is 0 Å². The number of carboxylic acids is 1. The molecule has 0 saturated heterocycles. The molecule has 0 aliphatic rings. The largest absolute Gasteiger partial charge is 0.546 e. The lowest BCUT2D eigenvalue weighted by Gasteiger charge is -2.27. The minimum atomic E-state index is -1.35. The van der Waals surface area contributed by atoms with E-state index in [2.05, 4.69) is 12.1 Å². The van der Waals surface area contributed by atoms with Gasteiger partial charge in [-0.05, 0) is 38.1 Å². The van der Waals surface area contributed by atoms with Gasteiger partial charge in [0, 0.05) is 20.2 Å². The first-order valence-corrected chi connectivity index (χ1v) is 7.11. The molecule has 0 unspecified atom stereocenters. The fourth-order valence-corrected chi connectivity index (χ4v) is 3.19. The molecular formula is C16H13O3S-. The Morgan fingerprint density at radius 2 is 1.80 bits per heavy atom. The van der Waals surface area contributed by atoms with E-state index in [1.54, 1.807) is 17.4 Å². The maximum Gasteiger partial charge on any atom is 0.143 e. The Morgan fingerprint density at radius 1 is 1.10 bits per heavy atom. The summed E-state index contributed by atoms with van der Waals surface area (Å²) in [7, 11) is 0. The highest BCUT2D eigenvalue weighted by atomic mass is 32.1. The van der Waals surface area contributed by atoms with Crippen molar-refractivity contribution in [2.75, 3.05) is 0 Å². The summed E-state index contributed by atoms with van der Waals surface area (Å²) in [6.07, 6.45) is 0. The third-order valence-corrected chi connectivity index (χ3v) is 4.36. The Kier molecular flexibility index (Phi) is 2.91. The van der Waals surface area contributed by atoms with Gasteiger partial charge in [-0.25, -0.2) is 0 Å². The second-order valence-corrected chi connectivity index (χ2v) is 6.24. The second kappa shape index (κ2) is 4.49. The lowest BCUT2D eigenvalue weighted by molar-refractivity contribution is -0.320. The third kappa shape index (κ3) is 2.12. The maximum atomic E-state index is 11.0. The molecule has 0 fully saturated rings. The fraction of sp³-hybridized carbons (Fsp3) is 0.188. The van der Waals surface area contributed by atoms with Gasteiger partial charge >= 0.3 is 0 Å². The van der Waals surface area contributed by atoms with Crippen molar-refractivity contribution >= 4 is 37.5 Å². The minimum absolute atomic E-state index is 0.537. The number of hydrogen-bond acceptors (Lipinski definition) is 4. The van der Waals surface area contributed by atoms with Gasteiger partial charge < -0.3 is 14.6 Å². The van der Waals surface area contributed by atoms with E-state index in [-0.39, 0.29) is 0 Å². The highest BCUT2D eigenvalue weighted by Crippen LogP contribution is 2.36. The average Bonchev–Trinajstić information content (AvgIpc) is 2.76. The maximum absolute atomic E-state index is 11.0. The van der Waals surface area contributed by atoms with Crippen molar-refractivity contribution in [1.82, 2.24) is 0 Å². The number of carbonyl (C=O) groups excluding carboxylic acids is 1. The van der Waals surface area contributed by atoms with Crippen LogP contribution in [0, 0.1) is 0 Å². The van der Waals surface area contributed by atoms with Crippen molar-refractivity contribution < 1.29 is 14.6 Å². The lowest BCUT2D eigenvalue weighted by atomic mass is 10.1. The highest BCUT2D eigenvalue weighted by Gasteiger charge is 2.21. The standard InChI is InChI=1S/C16H14O3S/c1-16(2,15(17)18)19-10-7-8-14-12(9-10)11-5-3-4-6-13(11)20-14/h3-9H,1-2H3,(H,17,18)/p-1. The molecule has 0 aliphatic heterocycles. The summed E-state index contributed by atoms with van der Waals surface area (Å²) in [6, 6.07) is 13.8. The van der Waals surface area contributed by atoms with E-state index in [0.29, 0.717) is 5.75 Å². The van der Waals surface area contributed by atoms with Crippen molar-refractivity contribution in [2.24, 2.45) is 0 Å².